The van der Waals surface area contributed by atoms with Crippen molar-refractivity contribution < 1.29 is 23.7 Å². The summed E-state index contributed by atoms with van der Waals surface area (Å²) < 4.78 is 22.1. The van der Waals surface area contributed by atoms with E-state index in [0.29, 0.717) is 38.6 Å². The van der Waals surface area contributed by atoms with Gasteiger partial charge < -0.3 is 24.7 Å². The summed E-state index contributed by atoms with van der Waals surface area (Å²) in [6.45, 7) is 1.91. The number of carbonyl (C=O) groups is 1. The number of nitriles is 1. The van der Waals surface area contributed by atoms with Crippen LogP contribution in [0.2, 0.25) is 0 Å². The maximum absolute atomic E-state index is 13.5. The maximum Gasteiger partial charge on any atom is 0.338 e. The number of rotatable bonds is 7. The molecule has 1 atom stereocenters. The molecule has 4 rings (SSSR count). The van der Waals surface area contributed by atoms with Crippen LogP contribution in [-0.4, -0.2) is 44.0 Å². The lowest BCUT2D eigenvalue weighted by Gasteiger charge is -2.35. The molecule has 2 heterocycles. The number of hydrogen-bond acceptors (Lipinski definition) is 10. The fraction of sp³-hybridized carbons (Fsp3) is 0.240. The Balaban J connectivity index is 2.05. The first-order valence-electron chi connectivity index (χ1n) is 10.7. The van der Waals surface area contributed by atoms with Gasteiger partial charge >= 0.3 is 5.97 Å². The lowest BCUT2D eigenvalue weighted by Crippen LogP contribution is -2.38. The fourth-order valence-electron chi connectivity index (χ4n) is 4.03. The molecule has 9 nitrogen and oxygen atoms in total. The quantitative estimate of drug-likeness (QED) is 0.576. The Kier molecular flexibility index (Phi) is 6.89. The van der Waals surface area contributed by atoms with Crippen molar-refractivity contribution in [3.8, 4) is 23.3 Å². The summed E-state index contributed by atoms with van der Waals surface area (Å²) in [7, 11) is 4.54. The molecule has 2 aromatic carbocycles. The smallest absolute Gasteiger partial charge is 0.338 e. The number of esters is 1. The van der Waals surface area contributed by atoms with Gasteiger partial charge in [0.15, 0.2) is 16.7 Å². The minimum Gasteiger partial charge on any atom is -0.493 e. The molecule has 2 aromatic rings. The van der Waals surface area contributed by atoms with Crippen molar-refractivity contribution >= 4 is 28.6 Å². The molecule has 0 amide bonds. The number of thioether (sulfide) groups is 1. The van der Waals surface area contributed by atoms with Gasteiger partial charge in [0.1, 0.15) is 16.8 Å². The monoisotopic (exact) mass is 492 g/mol. The Hall–Kier alpha value is -4.10. The fourth-order valence-corrected chi connectivity index (χ4v) is 4.90. The van der Waals surface area contributed by atoms with Crippen molar-refractivity contribution in [2.24, 2.45) is 10.7 Å². The second-order valence-corrected chi connectivity index (χ2v) is 8.38. The van der Waals surface area contributed by atoms with Gasteiger partial charge in [-0.05, 0) is 36.4 Å². The minimum absolute atomic E-state index is 0.173. The number of fused-ring (bicyclic) bond motifs is 1. The summed E-state index contributed by atoms with van der Waals surface area (Å²) in [6.07, 6.45) is 0. The Morgan fingerprint density at radius 1 is 1.14 bits per heavy atom. The highest BCUT2D eigenvalue weighted by molar-refractivity contribution is 8.17. The normalized spacial score (nSPS) is 16.9. The minimum atomic E-state index is -0.774. The van der Waals surface area contributed by atoms with E-state index in [9.17, 15) is 10.1 Å². The molecule has 35 heavy (non-hydrogen) atoms. The zero-order valence-corrected chi connectivity index (χ0v) is 20.5. The SMILES string of the molecule is CCOC(=O)C1=C(c2ccccc2)N=C2SC(C#N)=C(N)N2[C@H]1c1cc(OC)c(OC)c(OC)c1. The molecule has 0 fully saturated rings. The number of hydrogen-bond donors (Lipinski definition) is 1. The van der Waals surface area contributed by atoms with E-state index in [0.717, 1.165) is 17.3 Å². The lowest BCUT2D eigenvalue weighted by molar-refractivity contribution is -0.139. The van der Waals surface area contributed by atoms with Gasteiger partial charge in [0, 0.05) is 5.56 Å². The van der Waals surface area contributed by atoms with Crippen LogP contribution >= 0.6 is 11.8 Å². The van der Waals surface area contributed by atoms with E-state index in [1.807, 2.05) is 30.3 Å². The first-order chi connectivity index (χ1) is 17.0. The van der Waals surface area contributed by atoms with E-state index >= 15 is 0 Å². The number of amidine groups is 1. The summed E-state index contributed by atoms with van der Waals surface area (Å²) in [5.74, 6) is 0.876. The average Bonchev–Trinajstić information content (AvgIpc) is 3.22. The second kappa shape index (κ2) is 10.0. The molecular weight excluding hydrogens is 468 g/mol. The Morgan fingerprint density at radius 3 is 2.34 bits per heavy atom. The first kappa shape index (κ1) is 24.0. The molecule has 2 aliphatic rings. The number of ether oxygens (including phenoxy) is 4. The highest BCUT2D eigenvalue weighted by atomic mass is 32.2. The molecule has 180 valence electrons. The maximum atomic E-state index is 13.5. The van der Waals surface area contributed by atoms with Gasteiger partial charge in [-0.25, -0.2) is 9.79 Å². The van der Waals surface area contributed by atoms with E-state index in [1.54, 1.807) is 24.0 Å². The summed E-state index contributed by atoms with van der Waals surface area (Å²) in [5, 5.41) is 10.1. The standard InChI is InChI=1S/C25H24N4O5S/c1-5-34-24(30)19-20(14-9-7-6-8-10-14)28-25-29(23(27)18(13-26)35-25)21(19)15-11-16(31-2)22(33-4)17(12-15)32-3/h6-12,21H,5,27H2,1-4H3/t21-/m0/s1. The van der Waals surface area contributed by atoms with Crippen molar-refractivity contribution in [1.29, 1.82) is 5.26 Å². The van der Waals surface area contributed by atoms with Gasteiger partial charge in [0.2, 0.25) is 5.75 Å². The molecule has 0 aliphatic carbocycles. The van der Waals surface area contributed by atoms with E-state index in [-0.39, 0.29) is 18.0 Å². The molecule has 0 bridgehead atoms. The number of aliphatic imine (C=N–C) groups is 1. The Morgan fingerprint density at radius 2 is 1.80 bits per heavy atom. The predicted octanol–water partition coefficient (Wildman–Crippen LogP) is 3.80. The van der Waals surface area contributed by atoms with E-state index in [2.05, 4.69) is 6.07 Å². The number of carbonyl (C=O) groups excluding carboxylic acids is 1. The molecule has 2 N–H and O–H groups in total. The van der Waals surface area contributed by atoms with Crippen molar-refractivity contribution in [2.45, 2.75) is 13.0 Å². The van der Waals surface area contributed by atoms with Crippen LogP contribution in [0.15, 0.2) is 63.8 Å². The predicted molar refractivity (Wildman–Crippen MR) is 133 cm³/mol. The number of allylic oxidation sites excluding steroid dienone is 1. The number of nitrogens with two attached hydrogens (primary N) is 1. The third kappa shape index (κ3) is 4.15. The first-order valence-corrected chi connectivity index (χ1v) is 11.5. The molecule has 0 unspecified atom stereocenters. The molecule has 0 saturated heterocycles. The number of methoxy groups -OCH3 is 3. The molecule has 0 spiro atoms. The van der Waals surface area contributed by atoms with Crippen LogP contribution in [0.25, 0.3) is 5.70 Å². The van der Waals surface area contributed by atoms with Crippen LogP contribution in [0.3, 0.4) is 0 Å². The zero-order chi connectivity index (χ0) is 25.1. The van der Waals surface area contributed by atoms with Crippen molar-refractivity contribution in [1.82, 2.24) is 4.90 Å². The molecular formula is C25H24N4O5S. The Bertz CT molecular complexity index is 1270. The van der Waals surface area contributed by atoms with Crippen LogP contribution in [0, 0.1) is 11.3 Å². The third-order valence-electron chi connectivity index (χ3n) is 5.53. The average molecular weight is 493 g/mol. The van der Waals surface area contributed by atoms with Crippen molar-refractivity contribution in [3.05, 3.63) is 69.9 Å². The van der Waals surface area contributed by atoms with E-state index in [1.165, 1.54) is 21.3 Å². The van der Waals surface area contributed by atoms with Crippen LogP contribution in [-0.2, 0) is 9.53 Å². The van der Waals surface area contributed by atoms with Gasteiger partial charge in [0.05, 0.1) is 45.2 Å². The summed E-state index contributed by atoms with van der Waals surface area (Å²) in [6, 6.07) is 14.2. The molecule has 0 aromatic heterocycles. The molecule has 10 heteroatoms. The van der Waals surface area contributed by atoms with Crippen LogP contribution in [0.5, 0.6) is 17.2 Å². The van der Waals surface area contributed by atoms with Gasteiger partial charge in [0.25, 0.3) is 0 Å². The van der Waals surface area contributed by atoms with E-state index in [4.69, 9.17) is 29.7 Å². The third-order valence-corrected chi connectivity index (χ3v) is 6.51. The van der Waals surface area contributed by atoms with Gasteiger partial charge in [-0.3, -0.25) is 4.90 Å². The second-order valence-electron chi connectivity index (χ2n) is 7.40. The lowest BCUT2D eigenvalue weighted by atomic mass is 9.91. The van der Waals surface area contributed by atoms with Gasteiger partial charge in [-0.2, -0.15) is 5.26 Å². The van der Waals surface area contributed by atoms with Crippen LogP contribution in [0.1, 0.15) is 24.1 Å². The highest BCUT2D eigenvalue weighted by Crippen LogP contribution is 2.50. The summed E-state index contributed by atoms with van der Waals surface area (Å²) in [4.78, 5) is 20.2. The number of nitrogens with zero attached hydrogens (tertiary/aromatic N) is 3. The van der Waals surface area contributed by atoms with Gasteiger partial charge in [-0.15, -0.1) is 0 Å². The number of benzene rings is 2. The molecule has 0 radical (unpaired) electrons. The topological polar surface area (TPSA) is 119 Å². The largest absolute Gasteiger partial charge is 0.493 e. The Labute approximate surface area is 207 Å². The summed E-state index contributed by atoms with van der Waals surface area (Å²) >= 11 is 1.15. The molecule has 2 aliphatic heterocycles. The summed E-state index contributed by atoms with van der Waals surface area (Å²) in [5.41, 5.74) is 8.47. The van der Waals surface area contributed by atoms with Gasteiger partial charge in [-0.1, -0.05) is 30.3 Å². The van der Waals surface area contributed by atoms with Crippen molar-refractivity contribution in [2.75, 3.05) is 27.9 Å². The van der Waals surface area contributed by atoms with Crippen molar-refractivity contribution in [3.63, 3.8) is 0 Å². The zero-order valence-electron chi connectivity index (χ0n) is 19.7. The van der Waals surface area contributed by atoms with E-state index < -0.39 is 12.0 Å². The highest BCUT2D eigenvalue weighted by Gasteiger charge is 2.44. The van der Waals surface area contributed by atoms with Crippen LogP contribution in [0.4, 0.5) is 0 Å². The molecule has 0 saturated carbocycles. The van der Waals surface area contributed by atoms with Crippen LogP contribution < -0.4 is 19.9 Å².